The average Bonchev–Trinajstić information content (AvgIpc) is 2.88. The summed E-state index contributed by atoms with van der Waals surface area (Å²) in [5.41, 5.74) is 3.94. The molecular weight excluding hydrogens is 334 g/mol. The van der Waals surface area contributed by atoms with Crippen molar-refractivity contribution in [2.75, 3.05) is 0 Å². The molecular formula is C20H24BrN. The highest BCUT2D eigenvalue weighted by Gasteiger charge is 2.10. The Kier molecular flexibility index (Phi) is 4.87. The molecule has 0 radical (unpaired) electrons. The van der Waals surface area contributed by atoms with E-state index in [0.29, 0.717) is 0 Å². The van der Waals surface area contributed by atoms with Gasteiger partial charge in [0.1, 0.15) is 0 Å². The van der Waals surface area contributed by atoms with Gasteiger partial charge in [0, 0.05) is 26.3 Å². The summed E-state index contributed by atoms with van der Waals surface area (Å²) >= 11 is 3.57. The van der Waals surface area contributed by atoms with Crippen LogP contribution in [0.25, 0.3) is 21.8 Å². The van der Waals surface area contributed by atoms with Crippen molar-refractivity contribution >= 4 is 37.7 Å². The summed E-state index contributed by atoms with van der Waals surface area (Å²) < 4.78 is 1.13. The van der Waals surface area contributed by atoms with Crippen LogP contribution in [0.5, 0.6) is 0 Å². The van der Waals surface area contributed by atoms with Gasteiger partial charge in [0.05, 0.1) is 0 Å². The van der Waals surface area contributed by atoms with E-state index in [9.17, 15) is 0 Å². The normalized spacial score (nSPS) is 13.0. The first-order valence-electron chi connectivity index (χ1n) is 8.41. The molecule has 1 atom stereocenters. The van der Waals surface area contributed by atoms with Crippen molar-refractivity contribution in [1.29, 1.82) is 0 Å². The van der Waals surface area contributed by atoms with Crippen LogP contribution in [0.3, 0.4) is 0 Å². The van der Waals surface area contributed by atoms with E-state index in [-0.39, 0.29) is 0 Å². The smallest absolute Gasteiger partial charge is 0.0467 e. The van der Waals surface area contributed by atoms with E-state index >= 15 is 0 Å². The molecule has 0 fully saturated rings. The standard InChI is InChI=1S/C20H24BrN/c1-3-5-6-14(4-2)11-15-7-9-17-18-13-16(21)8-10-19(18)22-20(17)12-15/h7-10,12-14,22H,3-6,11H2,1-2H3. The number of nitrogens with one attached hydrogen (secondary N) is 1. The maximum Gasteiger partial charge on any atom is 0.0467 e. The van der Waals surface area contributed by atoms with Crippen molar-refractivity contribution in [1.82, 2.24) is 4.98 Å². The van der Waals surface area contributed by atoms with Crippen LogP contribution in [0.2, 0.25) is 0 Å². The van der Waals surface area contributed by atoms with Crippen LogP contribution in [-0.4, -0.2) is 4.98 Å². The van der Waals surface area contributed by atoms with E-state index in [0.717, 1.165) is 10.4 Å². The average molecular weight is 358 g/mol. The minimum atomic E-state index is 0.816. The number of H-pyrrole nitrogens is 1. The second-order valence-corrected chi connectivity index (χ2v) is 7.23. The van der Waals surface area contributed by atoms with Crippen molar-refractivity contribution in [2.45, 2.75) is 46.0 Å². The summed E-state index contributed by atoms with van der Waals surface area (Å²) in [6.07, 6.45) is 6.47. The summed E-state index contributed by atoms with van der Waals surface area (Å²) in [6, 6.07) is 13.4. The first-order chi connectivity index (χ1) is 10.7. The predicted octanol–water partition coefficient (Wildman–Crippen LogP) is 6.84. The summed E-state index contributed by atoms with van der Waals surface area (Å²) in [5.74, 6) is 0.816. The Morgan fingerprint density at radius 1 is 1.00 bits per heavy atom. The number of hydrogen-bond acceptors (Lipinski definition) is 0. The molecule has 2 aromatic carbocycles. The lowest BCUT2D eigenvalue weighted by molar-refractivity contribution is 0.449. The van der Waals surface area contributed by atoms with Gasteiger partial charge in [-0.05, 0) is 42.2 Å². The lowest BCUT2D eigenvalue weighted by atomic mass is 9.91. The Labute approximate surface area is 141 Å². The topological polar surface area (TPSA) is 15.8 Å². The molecule has 2 heteroatoms. The highest BCUT2D eigenvalue weighted by molar-refractivity contribution is 9.10. The third kappa shape index (κ3) is 3.22. The predicted molar refractivity (Wildman–Crippen MR) is 101 cm³/mol. The Morgan fingerprint density at radius 2 is 1.86 bits per heavy atom. The van der Waals surface area contributed by atoms with Gasteiger partial charge in [-0.1, -0.05) is 67.6 Å². The second kappa shape index (κ2) is 6.87. The quantitative estimate of drug-likeness (QED) is 0.496. The number of aromatic amines is 1. The number of aromatic nitrogens is 1. The van der Waals surface area contributed by atoms with Gasteiger partial charge in [0.25, 0.3) is 0 Å². The van der Waals surface area contributed by atoms with Gasteiger partial charge in [-0.15, -0.1) is 0 Å². The minimum absolute atomic E-state index is 0.816. The monoisotopic (exact) mass is 357 g/mol. The number of unbranched alkanes of at least 4 members (excludes halogenated alkanes) is 1. The van der Waals surface area contributed by atoms with Gasteiger partial charge in [0.2, 0.25) is 0 Å². The summed E-state index contributed by atoms with van der Waals surface area (Å²) in [6.45, 7) is 4.60. The zero-order valence-electron chi connectivity index (χ0n) is 13.5. The van der Waals surface area contributed by atoms with Crippen LogP contribution in [0.1, 0.15) is 45.1 Å². The molecule has 0 bridgehead atoms. The van der Waals surface area contributed by atoms with Crippen molar-refractivity contribution < 1.29 is 0 Å². The van der Waals surface area contributed by atoms with Gasteiger partial charge in [-0.2, -0.15) is 0 Å². The Hall–Kier alpha value is -1.28. The second-order valence-electron chi connectivity index (χ2n) is 6.32. The highest BCUT2D eigenvalue weighted by atomic mass is 79.9. The third-order valence-corrected chi connectivity index (χ3v) is 5.19. The Bertz CT molecular complexity index is 772. The molecule has 3 rings (SSSR count). The van der Waals surface area contributed by atoms with Crippen LogP contribution >= 0.6 is 15.9 Å². The van der Waals surface area contributed by atoms with Crippen molar-refractivity contribution in [3.05, 3.63) is 46.4 Å². The maximum atomic E-state index is 3.57. The number of hydrogen-bond donors (Lipinski definition) is 1. The van der Waals surface area contributed by atoms with Gasteiger partial charge < -0.3 is 4.98 Å². The van der Waals surface area contributed by atoms with Crippen LogP contribution in [0.4, 0.5) is 0 Å². The van der Waals surface area contributed by atoms with E-state index in [2.05, 4.69) is 71.2 Å². The molecule has 0 aliphatic carbocycles. The fourth-order valence-electron chi connectivity index (χ4n) is 3.33. The van der Waals surface area contributed by atoms with Crippen LogP contribution < -0.4 is 0 Å². The summed E-state index contributed by atoms with van der Waals surface area (Å²) in [4.78, 5) is 3.56. The molecule has 3 aromatic rings. The first kappa shape index (κ1) is 15.6. The molecule has 1 aromatic heterocycles. The van der Waals surface area contributed by atoms with Gasteiger partial charge in [-0.3, -0.25) is 0 Å². The van der Waals surface area contributed by atoms with Crippen molar-refractivity contribution in [3.8, 4) is 0 Å². The van der Waals surface area contributed by atoms with Gasteiger partial charge >= 0.3 is 0 Å². The van der Waals surface area contributed by atoms with Crippen LogP contribution in [0.15, 0.2) is 40.9 Å². The van der Waals surface area contributed by atoms with Gasteiger partial charge in [0.15, 0.2) is 0 Å². The Balaban J connectivity index is 1.91. The van der Waals surface area contributed by atoms with E-state index in [1.807, 2.05) is 0 Å². The fourth-order valence-corrected chi connectivity index (χ4v) is 3.69. The molecule has 1 unspecified atom stereocenters. The SMILES string of the molecule is CCCCC(CC)Cc1ccc2c(c1)[nH]c1ccc(Br)cc12. The molecule has 0 amide bonds. The summed E-state index contributed by atoms with van der Waals surface area (Å²) in [5, 5.41) is 2.62. The van der Waals surface area contributed by atoms with Crippen LogP contribution in [0, 0.1) is 5.92 Å². The van der Waals surface area contributed by atoms with E-state index in [1.165, 1.54) is 59.5 Å². The number of rotatable bonds is 6. The Morgan fingerprint density at radius 3 is 2.64 bits per heavy atom. The maximum absolute atomic E-state index is 3.57. The van der Waals surface area contributed by atoms with Crippen molar-refractivity contribution in [2.24, 2.45) is 5.92 Å². The molecule has 0 saturated carbocycles. The van der Waals surface area contributed by atoms with E-state index in [1.54, 1.807) is 0 Å². The molecule has 0 saturated heterocycles. The number of benzene rings is 2. The zero-order chi connectivity index (χ0) is 15.5. The molecule has 1 nitrogen and oxygen atoms in total. The molecule has 0 spiro atoms. The van der Waals surface area contributed by atoms with E-state index in [4.69, 9.17) is 0 Å². The third-order valence-electron chi connectivity index (χ3n) is 4.69. The van der Waals surface area contributed by atoms with Crippen molar-refractivity contribution in [3.63, 3.8) is 0 Å². The molecule has 0 aliphatic rings. The largest absolute Gasteiger partial charge is 0.355 e. The number of fused-ring (bicyclic) bond motifs is 3. The van der Waals surface area contributed by atoms with Gasteiger partial charge in [-0.25, -0.2) is 0 Å². The fraction of sp³-hybridized carbons (Fsp3) is 0.400. The lowest BCUT2D eigenvalue weighted by Gasteiger charge is -2.14. The molecule has 1 N–H and O–H groups in total. The number of halogens is 1. The van der Waals surface area contributed by atoms with E-state index < -0.39 is 0 Å². The molecule has 116 valence electrons. The molecule has 1 heterocycles. The lowest BCUT2D eigenvalue weighted by Crippen LogP contribution is -2.03. The minimum Gasteiger partial charge on any atom is -0.355 e. The molecule has 0 aliphatic heterocycles. The highest BCUT2D eigenvalue weighted by Crippen LogP contribution is 2.29. The zero-order valence-corrected chi connectivity index (χ0v) is 15.0. The van der Waals surface area contributed by atoms with Crippen LogP contribution in [-0.2, 0) is 6.42 Å². The first-order valence-corrected chi connectivity index (χ1v) is 9.20. The molecule has 22 heavy (non-hydrogen) atoms. The summed E-state index contributed by atoms with van der Waals surface area (Å²) in [7, 11) is 0.